The number of nitrogens with one attached hydrogen (secondary N) is 1. The third-order valence-corrected chi connectivity index (χ3v) is 3.55. The van der Waals surface area contributed by atoms with Crippen LogP contribution in [0.1, 0.15) is 18.7 Å². The average Bonchev–Trinajstić information content (AvgIpc) is 2.46. The molecule has 19 heavy (non-hydrogen) atoms. The maximum atomic E-state index is 12.1. The summed E-state index contributed by atoms with van der Waals surface area (Å²) in [6.45, 7) is 5.98. The highest BCUT2D eigenvalue weighted by Crippen LogP contribution is 2.07. The van der Waals surface area contributed by atoms with E-state index < -0.39 is 0 Å². The van der Waals surface area contributed by atoms with Crippen LogP contribution >= 0.6 is 0 Å². The molecule has 1 aliphatic heterocycles. The van der Waals surface area contributed by atoms with Crippen molar-refractivity contribution >= 4 is 5.91 Å². The molecule has 104 valence electrons. The van der Waals surface area contributed by atoms with Gasteiger partial charge >= 0.3 is 0 Å². The number of piperazine rings is 1. The zero-order chi connectivity index (χ0) is 13.7. The van der Waals surface area contributed by atoms with Crippen LogP contribution in [0.2, 0.25) is 0 Å². The second-order valence-corrected chi connectivity index (χ2v) is 5.04. The van der Waals surface area contributed by atoms with Gasteiger partial charge in [-0.05, 0) is 26.1 Å². The summed E-state index contributed by atoms with van der Waals surface area (Å²) in [7, 11) is 2.09. The van der Waals surface area contributed by atoms with Crippen molar-refractivity contribution in [3.05, 3.63) is 30.1 Å². The third-order valence-electron chi connectivity index (χ3n) is 3.55. The second-order valence-electron chi connectivity index (χ2n) is 5.04. The normalized spacial score (nSPS) is 18.3. The number of carbonyl (C=O) groups is 1. The fraction of sp³-hybridized carbons (Fsp3) is 0.571. The summed E-state index contributed by atoms with van der Waals surface area (Å²) in [4.78, 5) is 20.5. The predicted molar refractivity (Wildman–Crippen MR) is 74.7 cm³/mol. The van der Waals surface area contributed by atoms with E-state index in [0.29, 0.717) is 6.54 Å². The molecule has 2 rings (SSSR count). The molecule has 0 unspecified atom stereocenters. The topological polar surface area (TPSA) is 48.5 Å². The lowest BCUT2D eigenvalue weighted by Crippen LogP contribution is -2.49. The van der Waals surface area contributed by atoms with Crippen molar-refractivity contribution in [1.29, 1.82) is 0 Å². The molecule has 0 radical (unpaired) electrons. The Morgan fingerprint density at radius 3 is 2.74 bits per heavy atom. The van der Waals surface area contributed by atoms with Gasteiger partial charge in [0.05, 0.1) is 12.2 Å². The van der Waals surface area contributed by atoms with Crippen molar-refractivity contribution < 1.29 is 4.79 Å². The van der Waals surface area contributed by atoms with E-state index in [1.807, 2.05) is 30.0 Å². The van der Waals surface area contributed by atoms with Gasteiger partial charge in [-0.3, -0.25) is 9.78 Å². The van der Waals surface area contributed by atoms with E-state index in [-0.39, 0.29) is 11.9 Å². The molecule has 5 heteroatoms. The van der Waals surface area contributed by atoms with Crippen LogP contribution in [0, 0.1) is 0 Å². The lowest BCUT2D eigenvalue weighted by molar-refractivity contribution is -0.131. The van der Waals surface area contributed by atoms with Crippen molar-refractivity contribution in [2.45, 2.75) is 13.0 Å². The molecule has 1 aromatic rings. The van der Waals surface area contributed by atoms with Crippen molar-refractivity contribution in [2.75, 3.05) is 39.8 Å². The van der Waals surface area contributed by atoms with Gasteiger partial charge in [-0.1, -0.05) is 6.07 Å². The van der Waals surface area contributed by atoms with Crippen molar-refractivity contribution in [1.82, 2.24) is 20.1 Å². The number of rotatable bonds is 4. The minimum absolute atomic E-state index is 0.0950. The highest BCUT2D eigenvalue weighted by atomic mass is 16.2. The van der Waals surface area contributed by atoms with E-state index in [4.69, 9.17) is 0 Å². The Hall–Kier alpha value is -1.46. The van der Waals surface area contributed by atoms with Crippen molar-refractivity contribution in [3.63, 3.8) is 0 Å². The molecule has 1 saturated heterocycles. The van der Waals surface area contributed by atoms with E-state index in [2.05, 4.69) is 22.2 Å². The smallest absolute Gasteiger partial charge is 0.236 e. The maximum Gasteiger partial charge on any atom is 0.236 e. The number of pyridine rings is 1. The molecule has 0 bridgehead atoms. The van der Waals surface area contributed by atoms with Gasteiger partial charge in [-0.25, -0.2) is 0 Å². The number of hydrogen-bond acceptors (Lipinski definition) is 4. The van der Waals surface area contributed by atoms with E-state index in [1.54, 1.807) is 6.20 Å². The Balaban J connectivity index is 1.77. The SMILES string of the molecule is C[C@H](NCC(=O)N1CCN(C)CC1)c1ccccn1. The summed E-state index contributed by atoms with van der Waals surface area (Å²) in [5.74, 6) is 0.177. The Bertz CT molecular complexity index is 401. The Morgan fingerprint density at radius 1 is 1.37 bits per heavy atom. The van der Waals surface area contributed by atoms with Crippen LogP contribution in [0.4, 0.5) is 0 Å². The van der Waals surface area contributed by atoms with Crippen LogP contribution in [-0.4, -0.2) is 60.5 Å². The first kappa shape index (κ1) is 14.0. The standard InChI is InChI=1S/C14H22N4O/c1-12(13-5-3-4-6-15-13)16-11-14(19)18-9-7-17(2)8-10-18/h3-6,12,16H,7-11H2,1-2H3/t12-/m0/s1. The maximum absolute atomic E-state index is 12.1. The number of aromatic nitrogens is 1. The lowest BCUT2D eigenvalue weighted by Gasteiger charge is -2.32. The van der Waals surface area contributed by atoms with E-state index >= 15 is 0 Å². The monoisotopic (exact) mass is 262 g/mol. The lowest BCUT2D eigenvalue weighted by atomic mass is 10.2. The van der Waals surface area contributed by atoms with Crippen LogP contribution in [0.25, 0.3) is 0 Å². The molecule has 1 aromatic heterocycles. The average molecular weight is 262 g/mol. The van der Waals surface area contributed by atoms with Crippen LogP contribution < -0.4 is 5.32 Å². The summed E-state index contributed by atoms with van der Waals surface area (Å²) in [5, 5.41) is 3.24. The van der Waals surface area contributed by atoms with E-state index in [9.17, 15) is 4.79 Å². The summed E-state index contributed by atoms with van der Waals surface area (Å²) in [5.41, 5.74) is 0.966. The zero-order valence-corrected chi connectivity index (χ0v) is 11.7. The molecule has 0 saturated carbocycles. The Kier molecular flexibility index (Phi) is 4.87. The number of hydrogen-bond donors (Lipinski definition) is 1. The van der Waals surface area contributed by atoms with Crippen molar-refractivity contribution in [3.8, 4) is 0 Å². The van der Waals surface area contributed by atoms with Crippen LogP contribution in [-0.2, 0) is 4.79 Å². The summed E-state index contributed by atoms with van der Waals surface area (Å²) in [6, 6.07) is 5.92. The molecular formula is C14H22N4O. The van der Waals surface area contributed by atoms with Gasteiger partial charge in [0.2, 0.25) is 5.91 Å². The highest BCUT2D eigenvalue weighted by Gasteiger charge is 2.19. The summed E-state index contributed by atoms with van der Waals surface area (Å²) < 4.78 is 0. The van der Waals surface area contributed by atoms with Gasteiger partial charge in [0.25, 0.3) is 0 Å². The van der Waals surface area contributed by atoms with E-state index in [1.165, 1.54) is 0 Å². The third kappa shape index (κ3) is 4.01. The van der Waals surface area contributed by atoms with Crippen LogP contribution in [0.3, 0.4) is 0 Å². The van der Waals surface area contributed by atoms with Gasteiger partial charge in [-0.15, -0.1) is 0 Å². The molecule has 1 N–H and O–H groups in total. The number of likely N-dealkylation sites (N-methyl/N-ethyl adjacent to an activating group) is 1. The molecule has 1 fully saturated rings. The second kappa shape index (κ2) is 6.63. The van der Waals surface area contributed by atoms with Gasteiger partial charge < -0.3 is 15.1 Å². The largest absolute Gasteiger partial charge is 0.339 e. The first-order valence-electron chi connectivity index (χ1n) is 6.77. The minimum Gasteiger partial charge on any atom is -0.339 e. The van der Waals surface area contributed by atoms with Gasteiger partial charge in [-0.2, -0.15) is 0 Å². The molecule has 5 nitrogen and oxygen atoms in total. The highest BCUT2D eigenvalue weighted by molar-refractivity contribution is 5.78. The minimum atomic E-state index is 0.0950. The summed E-state index contributed by atoms with van der Waals surface area (Å²) >= 11 is 0. The molecule has 1 amide bonds. The number of nitrogens with zero attached hydrogens (tertiary/aromatic N) is 3. The number of carbonyl (C=O) groups excluding carboxylic acids is 1. The fourth-order valence-corrected chi connectivity index (χ4v) is 2.14. The Labute approximate surface area is 114 Å². The molecule has 1 atom stereocenters. The van der Waals surface area contributed by atoms with Crippen LogP contribution in [0.15, 0.2) is 24.4 Å². The molecule has 1 aliphatic rings. The quantitative estimate of drug-likeness (QED) is 0.859. The van der Waals surface area contributed by atoms with Gasteiger partial charge in [0.1, 0.15) is 0 Å². The molecule has 2 heterocycles. The zero-order valence-electron chi connectivity index (χ0n) is 11.7. The number of amides is 1. The fourth-order valence-electron chi connectivity index (χ4n) is 2.14. The molecule has 0 aromatic carbocycles. The van der Waals surface area contributed by atoms with E-state index in [0.717, 1.165) is 31.9 Å². The molecule has 0 spiro atoms. The first-order chi connectivity index (χ1) is 9.16. The Morgan fingerprint density at radius 2 is 2.11 bits per heavy atom. The predicted octanol–water partition coefficient (Wildman–Crippen LogP) is 0.506. The molecule has 0 aliphatic carbocycles. The van der Waals surface area contributed by atoms with Gasteiger partial charge in [0.15, 0.2) is 0 Å². The first-order valence-corrected chi connectivity index (χ1v) is 6.77. The van der Waals surface area contributed by atoms with Crippen LogP contribution in [0.5, 0.6) is 0 Å². The molecular weight excluding hydrogens is 240 g/mol. The summed E-state index contributed by atoms with van der Waals surface area (Å²) in [6.07, 6.45) is 1.77. The van der Waals surface area contributed by atoms with Crippen molar-refractivity contribution in [2.24, 2.45) is 0 Å². The van der Waals surface area contributed by atoms with Gasteiger partial charge in [0, 0.05) is 38.4 Å².